The van der Waals surface area contributed by atoms with Crippen LogP contribution in [-0.2, 0) is 21.5 Å². The first-order valence-electron chi connectivity index (χ1n) is 16.0. The molecule has 0 saturated heterocycles. The highest BCUT2D eigenvalue weighted by molar-refractivity contribution is 7.51. The number of benzene rings is 6. The molecule has 0 aromatic heterocycles. The second-order valence-corrected chi connectivity index (χ2v) is 15.7. The van der Waals surface area contributed by atoms with Crippen LogP contribution in [0, 0.1) is 13.8 Å². The molecule has 0 fully saturated rings. The van der Waals surface area contributed by atoms with Crippen molar-refractivity contribution >= 4 is 49.3 Å². The Labute approximate surface area is 292 Å². The van der Waals surface area contributed by atoms with Gasteiger partial charge in [-0.25, -0.2) is 0 Å². The Morgan fingerprint density at radius 2 is 0.600 bits per heavy atom. The zero-order chi connectivity index (χ0) is 35.5. The Morgan fingerprint density at radius 1 is 0.380 bits per heavy atom. The summed E-state index contributed by atoms with van der Waals surface area (Å²) in [5.74, 6) is 0. The van der Waals surface area contributed by atoms with E-state index in [0.717, 1.165) is 56.4 Å². The monoisotopic (exact) mass is 704 g/mol. The zero-order valence-electron chi connectivity index (χ0n) is 27.7. The van der Waals surface area contributed by atoms with Crippen LogP contribution in [0.25, 0.3) is 11.1 Å². The van der Waals surface area contributed by atoms with Gasteiger partial charge in [-0.1, -0.05) is 83.9 Å². The molecular weight excluding hydrogens is 666 g/mol. The molecule has 0 bridgehead atoms. The van der Waals surface area contributed by atoms with Crippen LogP contribution in [0.2, 0.25) is 0 Å². The van der Waals surface area contributed by atoms with Crippen LogP contribution in [0.3, 0.4) is 0 Å². The van der Waals surface area contributed by atoms with Gasteiger partial charge in [-0.15, -0.1) is 0 Å². The fraction of sp³-hybridized carbons (Fsp3) is 0.100. The molecule has 10 heteroatoms. The number of hydrogen-bond donors (Lipinski definition) is 4. The summed E-state index contributed by atoms with van der Waals surface area (Å²) in [4.78, 5) is 41.9. The zero-order valence-corrected chi connectivity index (χ0v) is 29.5. The van der Waals surface area contributed by atoms with Crippen molar-refractivity contribution < 1.29 is 28.7 Å². The maximum atomic E-state index is 11.5. The van der Waals surface area contributed by atoms with Gasteiger partial charge in [0.25, 0.3) is 0 Å². The molecule has 0 atom stereocenters. The van der Waals surface area contributed by atoms with E-state index in [9.17, 15) is 28.7 Å². The van der Waals surface area contributed by atoms with Crippen LogP contribution < -0.4 is 9.80 Å². The first-order valence-corrected chi connectivity index (χ1v) is 19.6. The molecule has 0 unspecified atom stereocenters. The van der Waals surface area contributed by atoms with Gasteiger partial charge in [0.2, 0.25) is 0 Å². The van der Waals surface area contributed by atoms with Gasteiger partial charge in [0.1, 0.15) is 0 Å². The fourth-order valence-corrected chi connectivity index (χ4v) is 7.24. The molecule has 0 aliphatic carbocycles. The number of hydrogen-bond acceptors (Lipinski definition) is 4. The summed E-state index contributed by atoms with van der Waals surface area (Å²) < 4.78 is 23.1. The maximum Gasteiger partial charge on any atom is 0.329 e. The minimum absolute atomic E-state index is 0.306. The van der Waals surface area contributed by atoms with E-state index in [1.807, 2.05) is 38.1 Å². The first-order chi connectivity index (χ1) is 23.8. The predicted molar refractivity (Wildman–Crippen MR) is 202 cm³/mol. The molecule has 8 nitrogen and oxygen atoms in total. The number of anilines is 6. The third-order valence-corrected chi connectivity index (χ3v) is 9.89. The average molecular weight is 705 g/mol. The lowest BCUT2D eigenvalue weighted by Gasteiger charge is -2.26. The highest BCUT2D eigenvalue weighted by atomic mass is 31.2. The summed E-state index contributed by atoms with van der Waals surface area (Å²) in [6.07, 6.45) is -0.612. The van der Waals surface area contributed by atoms with Gasteiger partial charge in [0.15, 0.2) is 0 Å². The molecule has 6 aromatic rings. The molecule has 254 valence electrons. The van der Waals surface area contributed by atoms with Crippen LogP contribution in [0.4, 0.5) is 34.1 Å². The SMILES string of the molecule is Cc1ccc(N(c2ccc(CP(=O)(O)O)cc2)c2ccc(-c3ccc(N(c4ccc(C)cc4)c4ccc(CP(=O)(O)O)cc4)cc3)cc2)cc1. The Kier molecular flexibility index (Phi) is 10.2. The molecular formula is C40H38N2O6P2. The Morgan fingerprint density at radius 3 is 0.840 bits per heavy atom. The minimum Gasteiger partial charge on any atom is -0.324 e. The van der Waals surface area contributed by atoms with Crippen LogP contribution in [-0.4, -0.2) is 19.6 Å². The topological polar surface area (TPSA) is 122 Å². The van der Waals surface area contributed by atoms with Crippen LogP contribution in [0.15, 0.2) is 146 Å². The molecule has 0 spiro atoms. The van der Waals surface area contributed by atoms with Crippen molar-refractivity contribution in [2.75, 3.05) is 9.80 Å². The quantitative estimate of drug-likeness (QED) is 0.0984. The molecule has 0 heterocycles. The lowest BCUT2D eigenvalue weighted by atomic mass is 10.0. The number of rotatable bonds is 11. The van der Waals surface area contributed by atoms with E-state index in [0.29, 0.717) is 11.1 Å². The van der Waals surface area contributed by atoms with Crippen molar-refractivity contribution in [1.82, 2.24) is 0 Å². The maximum absolute atomic E-state index is 11.5. The van der Waals surface area contributed by atoms with Gasteiger partial charge in [0.05, 0.1) is 12.3 Å². The van der Waals surface area contributed by atoms with Crippen molar-refractivity contribution in [3.8, 4) is 11.1 Å². The summed E-state index contributed by atoms with van der Waals surface area (Å²) in [7, 11) is -8.35. The van der Waals surface area contributed by atoms with E-state index in [1.54, 1.807) is 24.3 Å². The van der Waals surface area contributed by atoms with E-state index < -0.39 is 15.2 Å². The second-order valence-electron chi connectivity index (χ2n) is 12.4. The molecule has 0 amide bonds. The molecule has 0 radical (unpaired) electrons. The predicted octanol–water partition coefficient (Wildman–Crippen LogP) is 10.3. The lowest BCUT2D eigenvalue weighted by molar-refractivity contribution is 0.369. The van der Waals surface area contributed by atoms with Crippen molar-refractivity contribution in [3.05, 3.63) is 168 Å². The fourth-order valence-electron chi connectivity index (χ4n) is 5.86. The summed E-state index contributed by atoms with van der Waals surface area (Å²) >= 11 is 0. The normalized spacial score (nSPS) is 11.7. The number of nitrogens with zero attached hydrogens (tertiary/aromatic N) is 2. The minimum atomic E-state index is -4.17. The van der Waals surface area contributed by atoms with Crippen LogP contribution >= 0.6 is 15.2 Å². The van der Waals surface area contributed by atoms with E-state index in [-0.39, 0.29) is 12.3 Å². The standard InChI is InChI=1S/C40H38N2O6P2/c1-29-3-15-35(16-4-29)41(37-19-7-31(8-20-37)27-49(43,44)45)39-23-11-33(12-24-39)34-13-25-40(26-14-34)42(36-17-5-30(2)6-18-36)38-21-9-32(10-22-38)28-50(46,47)48/h3-26H,27-28H2,1-2H3,(H2,43,44,45)(H2,46,47,48). The Hall–Kier alpha value is -4.78. The smallest absolute Gasteiger partial charge is 0.324 e. The second kappa shape index (κ2) is 14.6. The molecule has 0 aliphatic heterocycles. The molecule has 0 saturated carbocycles. The van der Waals surface area contributed by atoms with E-state index >= 15 is 0 Å². The lowest BCUT2D eigenvalue weighted by Crippen LogP contribution is -2.10. The molecule has 50 heavy (non-hydrogen) atoms. The van der Waals surface area contributed by atoms with Gasteiger partial charge in [-0.2, -0.15) is 0 Å². The van der Waals surface area contributed by atoms with Crippen LogP contribution in [0.1, 0.15) is 22.3 Å². The third-order valence-electron chi connectivity index (χ3n) is 8.33. The van der Waals surface area contributed by atoms with Gasteiger partial charge in [-0.3, -0.25) is 9.13 Å². The third kappa shape index (κ3) is 8.87. The Bertz CT molecular complexity index is 1980. The number of aryl methyl sites for hydroxylation is 2. The highest BCUT2D eigenvalue weighted by Gasteiger charge is 2.18. The van der Waals surface area contributed by atoms with Crippen molar-refractivity contribution in [1.29, 1.82) is 0 Å². The first kappa shape index (κ1) is 35.1. The molecule has 6 rings (SSSR count). The van der Waals surface area contributed by atoms with Gasteiger partial charge in [-0.05, 0) is 109 Å². The molecule has 0 aliphatic rings. The summed E-state index contributed by atoms with van der Waals surface area (Å²) in [5, 5.41) is 0. The summed E-state index contributed by atoms with van der Waals surface area (Å²) in [5.41, 5.74) is 11.0. The average Bonchev–Trinajstić information content (AvgIpc) is 3.08. The van der Waals surface area contributed by atoms with E-state index in [2.05, 4.69) is 107 Å². The van der Waals surface area contributed by atoms with Crippen molar-refractivity contribution in [2.45, 2.75) is 26.2 Å². The van der Waals surface area contributed by atoms with Crippen molar-refractivity contribution in [2.24, 2.45) is 0 Å². The van der Waals surface area contributed by atoms with Crippen molar-refractivity contribution in [3.63, 3.8) is 0 Å². The summed E-state index contributed by atoms with van der Waals surface area (Å²) in [6, 6.07) is 47.5. The molecule has 6 aromatic carbocycles. The van der Waals surface area contributed by atoms with Gasteiger partial charge in [0, 0.05) is 34.1 Å². The largest absolute Gasteiger partial charge is 0.329 e. The molecule has 4 N–H and O–H groups in total. The Balaban J connectivity index is 1.29. The van der Waals surface area contributed by atoms with E-state index in [1.165, 1.54) is 0 Å². The van der Waals surface area contributed by atoms with Gasteiger partial charge < -0.3 is 29.4 Å². The summed E-state index contributed by atoms with van der Waals surface area (Å²) in [6.45, 7) is 4.08. The van der Waals surface area contributed by atoms with E-state index in [4.69, 9.17) is 0 Å². The highest BCUT2D eigenvalue weighted by Crippen LogP contribution is 2.42. The van der Waals surface area contributed by atoms with Crippen LogP contribution in [0.5, 0.6) is 0 Å². The van der Waals surface area contributed by atoms with Gasteiger partial charge >= 0.3 is 15.2 Å².